The number of aromatic nitrogens is 3. The van der Waals surface area contributed by atoms with Crippen molar-refractivity contribution in [3.63, 3.8) is 0 Å². The molecule has 2 rings (SSSR count). The van der Waals surface area contributed by atoms with Crippen molar-refractivity contribution in [3.8, 4) is 11.8 Å². The van der Waals surface area contributed by atoms with Gasteiger partial charge in [-0.25, -0.2) is 0 Å². The molecule has 0 unspecified atom stereocenters. The number of rotatable bonds is 1. The summed E-state index contributed by atoms with van der Waals surface area (Å²) in [5, 5.41) is 12.6. The molecule has 0 amide bonds. The van der Waals surface area contributed by atoms with Crippen LogP contribution >= 0.6 is 0 Å². The summed E-state index contributed by atoms with van der Waals surface area (Å²) in [6, 6.07) is 9.05. The van der Waals surface area contributed by atoms with E-state index in [0.717, 1.165) is 5.69 Å². The van der Waals surface area contributed by atoms with Crippen molar-refractivity contribution in [2.75, 3.05) is 5.73 Å². The Hall–Kier alpha value is -2.35. The number of nitriles is 1. The predicted octanol–water partition coefficient (Wildman–Crippen LogP) is 0.721. The Bertz CT molecular complexity index is 494. The molecule has 68 valence electrons. The van der Waals surface area contributed by atoms with Gasteiger partial charge < -0.3 is 5.73 Å². The van der Waals surface area contributed by atoms with Crippen molar-refractivity contribution in [2.45, 2.75) is 0 Å². The van der Waals surface area contributed by atoms with Gasteiger partial charge >= 0.3 is 0 Å². The highest BCUT2D eigenvalue weighted by Crippen LogP contribution is 2.11. The first-order chi connectivity index (χ1) is 6.81. The van der Waals surface area contributed by atoms with E-state index in [1.165, 1.54) is 11.0 Å². The van der Waals surface area contributed by atoms with Crippen molar-refractivity contribution in [2.24, 2.45) is 0 Å². The molecule has 5 nitrogen and oxygen atoms in total. The molecule has 14 heavy (non-hydrogen) atoms. The Morgan fingerprint density at radius 2 is 2.29 bits per heavy atom. The summed E-state index contributed by atoms with van der Waals surface area (Å²) in [7, 11) is 0. The molecule has 0 spiro atoms. The molecule has 1 aromatic carbocycles. The van der Waals surface area contributed by atoms with E-state index in [4.69, 9.17) is 11.0 Å². The van der Waals surface area contributed by atoms with Gasteiger partial charge in [0.1, 0.15) is 6.33 Å². The monoisotopic (exact) mass is 185 g/mol. The minimum atomic E-state index is 0.306. The first kappa shape index (κ1) is 8.26. The third-order valence-corrected chi connectivity index (χ3v) is 1.79. The first-order valence-electron chi connectivity index (χ1n) is 3.97. The minimum Gasteiger partial charge on any atom is -0.368 e. The lowest BCUT2D eigenvalue weighted by Crippen LogP contribution is -2.02. The lowest BCUT2D eigenvalue weighted by Gasteiger charge is -2.01. The van der Waals surface area contributed by atoms with E-state index in [1.807, 2.05) is 12.1 Å². The average Bonchev–Trinajstić information content (AvgIpc) is 2.65. The molecule has 0 atom stereocenters. The molecule has 0 saturated carbocycles. The molecular formula is C9H7N5. The summed E-state index contributed by atoms with van der Waals surface area (Å²) in [5.41, 5.74) is 6.87. The Labute approximate surface area is 80.4 Å². The van der Waals surface area contributed by atoms with Gasteiger partial charge in [-0.3, -0.25) is 0 Å². The van der Waals surface area contributed by atoms with Gasteiger partial charge in [0.2, 0.25) is 5.95 Å². The molecule has 0 fully saturated rings. The first-order valence-corrected chi connectivity index (χ1v) is 3.97. The number of nitrogens with two attached hydrogens (primary N) is 1. The van der Waals surface area contributed by atoms with Crippen molar-refractivity contribution >= 4 is 5.95 Å². The van der Waals surface area contributed by atoms with Gasteiger partial charge in [-0.15, -0.1) is 0 Å². The maximum Gasteiger partial charge on any atom is 0.223 e. The molecular weight excluding hydrogens is 178 g/mol. The van der Waals surface area contributed by atoms with Crippen LogP contribution in [0, 0.1) is 11.3 Å². The van der Waals surface area contributed by atoms with Crippen LogP contribution in [0.3, 0.4) is 0 Å². The van der Waals surface area contributed by atoms with E-state index >= 15 is 0 Å². The summed E-state index contributed by atoms with van der Waals surface area (Å²) in [6.07, 6.45) is 1.37. The van der Waals surface area contributed by atoms with Crippen LogP contribution in [0.15, 0.2) is 30.6 Å². The van der Waals surface area contributed by atoms with Crippen LogP contribution in [-0.2, 0) is 0 Å². The summed E-state index contributed by atoms with van der Waals surface area (Å²) in [5.74, 6) is 0.306. The number of hydrogen-bond donors (Lipinski definition) is 1. The fourth-order valence-corrected chi connectivity index (χ4v) is 1.16. The molecule has 2 N–H and O–H groups in total. The normalized spacial score (nSPS) is 9.64. The second-order valence-corrected chi connectivity index (χ2v) is 2.69. The zero-order valence-corrected chi connectivity index (χ0v) is 7.25. The third kappa shape index (κ3) is 1.29. The molecule has 0 radical (unpaired) electrons. The topological polar surface area (TPSA) is 80.5 Å². The van der Waals surface area contributed by atoms with Gasteiger partial charge in [-0.1, -0.05) is 6.07 Å². The summed E-state index contributed by atoms with van der Waals surface area (Å²) < 4.78 is 1.47. The van der Waals surface area contributed by atoms with Crippen LogP contribution in [0.5, 0.6) is 0 Å². The largest absolute Gasteiger partial charge is 0.368 e. The average molecular weight is 185 g/mol. The SMILES string of the molecule is N#Cc1cccc(-n2ncnc2N)c1. The second-order valence-electron chi connectivity index (χ2n) is 2.69. The fraction of sp³-hybridized carbons (Fsp3) is 0. The molecule has 1 aromatic heterocycles. The van der Waals surface area contributed by atoms with Gasteiger partial charge in [-0.2, -0.15) is 20.0 Å². The zero-order chi connectivity index (χ0) is 9.97. The van der Waals surface area contributed by atoms with Crippen molar-refractivity contribution < 1.29 is 0 Å². The fourth-order valence-electron chi connectivity index (χ4n) is 1.16. The summed E-state index contributed by atoms with van der Waals surface area (Å²) >= 11 is 0. The number of nitrogens with zero attached hydrogens (tertiary/aromatic N) is 4. The highest BCUT2D eigenvalue weighted by Gasteiger charge is 2.02. The Kier molecular flexibility index (Phi) is 1.88. The predicted molar refractivity (Wildman–Crippen MR) is 50.5 cm³/mol. The van der Waals surface area contributed by atoms with Crippen LogP contribution < -0.4 is 5.73 Å². The highest BCUT2D eigenvalue weighted by atomic mass is 15.4. The quantitative estimate of drug-likeness (QED) is 0.709. The second kappa shape index (κ2) is 3.18. The third-order valence-electron chi connectivity index (χ3n) is 1.79. The maximum absolute atomic E-state index is 8.70. The van der Waals surface area contributed by atoms with Crippen LogP contribution in [0.25, 0.3) is 5.69 Å². The van der Waals surface area contributed by atoms with E-state index in [0.29, 0.717) is 11.5 Å². The minimum absolute atomic E-state index is 0.306. The number of hydrogen-bond acceptors (Lipinski definition) is 4. The van der Waals surface area contributed by atoms with Crippen molar-refractivity contribution in [3.05, 3.63) is 36.2 Å². The van der Waals surface area contributed by atoms with Crippen molar-refractivity contribution in [1.29, 1.82) is 5.26 Å². The van der Waals surface area contributed by atoms with E-state index in [9.17, 15) is 0 Å². The molecule has 0 saturated heterocycles. The Morgan fingerprint density at radius 1 is 1.43 bits per heavy atom. The lowest BCUT2D eigenvalue weighted by molar-refractivity contribution is 0.890. The van der Waals surface area contributed by atoms with Crippen LogP contribution in [0.4, 0.5) is 5.95 Å². The van der Waals surface area contributed by atoms with Gasteiger partial charge in [0.15, 0.2) is 0 Å². The molecule has 0 aliphatic heterocycles. The van der Waals surface area contributed by atoms with Crippen LogP contribution in [0.1, 0.15) is 5.56 Å². The molecule has 1 heterocycles. The number of benzene rings is 1. The number of nitrogen functional groups attached to an aromatic ring is 1. The number of anilines is 1. The van der Waals surface area contributed by atoms with E-state index in [1.54, 1.807) is 18.2 Å². The Balaban J connectivity index is 2.53. The maximum atomic E-state index is 8.70. The van der Waals surface area contributed by atoms with Crippen LogP contribution in [0.2, 0.25) is 0 Å². The Morgan fingerprint density at radius 3 is 2.93 bits per heavy atom. The van der Waals surface area contributed by atoms with E-state index in [-0.39, 0.29) is 0 Å². The van der Waals surface area contributed by atoms with E-state index in [2.05, 4.69) is 10.1 Å². The van der Waals surface area contributed by atoms with Crippen molar-refractivity contribution in [1.82, 2.24) is 14.8 Å². The standard InChI is InChI=1S/C9H7N5/c10-5-7-2-1-3-8(4-7)14-9(11)12-6-13-14/h1-4,6H,(H2,11,12,13). The van der Waals surface area contributed by atoms with Crippen LogP contribution in [-0.4, -0.2) is 14.8 Å². The molecule has 0 aliphatic carbocycles. The van der Waals surface area contributed by atoms with E-state index < -0.39 is 0 Å². The molecule has 0 bridgehead atoms. The van der Waals surface area contributed by atoms with Gasteiger partial charge in [0.25, 0.3) is 0 Å². The summed E-state index contributed by atoms with van der Waals surface area (Å²) in [4.78, 5) is 3.80. The van der Waals surface area contributed by atoms with Gasteiger partial charge in [-0.05, 0) is 18.2 Å². The molecule has 0 aliphatic rings. The smallest absolute Gasteiger partial charge is 0.223 e. The molecule has 5 heteroatoms. The van der Waals surface area contributed by atoms with Gasteiger partial charge in [0.05, 0.1) is 17.3 Å². The summed E-state index contributed by atoms with van der Waals surface area (Å²) in [6.45, 7) is 0. The molecule has 2 aromatic rings. The zero-order valence-electron chi connectivity index (χ0n) is 7.25. The highest BCUT2D eigenvalue weighted by molar-refractivity contribution is 5.43. The lowest BCUT2D eigenvalue weighted by atomic mass is 10.2. The van der Waals surface area contributed by atoms with Gasteiger partial charge in [0, 0.05) is 0 Å².